The third kappa shape index (κ3) is 3.28. The Morgan fingerprint density at radius 3 is 2.50 bits per heavy atom. The van der Waals surface area contributed by atoms with Gasteiger partial charge in [-0.1, -0.05) is 0 Å². The highest BCUT2D eigenvalue weighted by Gasteiger charge is 2.20. The Bertz CT molecular complexity index is 451. The van der Waals surface area contributed by atoms with Gasteiger partial charge in [0, 0.05) is 18.2 Å². The van der Waals surface area contributed by atoms with E-state index in [2.05, 4.69) is 11.9 Å². The molecule has 5 heteroatoms. The third-order valence-electron chi connectivity index (χ3n) is 3.90. The van der Waals surface area contributed by atoms with Crippen molar-refractivity contribution in [2.45, 2.75) is 25.3 Å². The number of benzene rings is 1. The number of hydrogen-bond donors (Lipinski definition) is 1. The second-order valence-corrected chi connectivity index (χ2v) is 5.16. The van der Waals surface area contributed by atoms with E-state index in [1.807, 2.05) is 0 Å². The van der Waals surface area contributed by atoms with E-state index in [0.29, 0.717) is 35.6 Å². The van der Waals surface area contributed by atoms with Gasteiger partial charge in [0.1, 0.15) is 5.75 Å². The molecule has 1 unspecified atom stereocenters. The van der Waals surface area contributed by atoms with E-state index < -0.39 is 0 Å². The summed E-state index contributed by atoms with van der Waals surface area (Å²) in [6.07, 6.45) is 3.55. The molecule has 1 atom stereocenters. The third-order valence-corrected chi connectivity index (χ3v) is 3.90. The van der Waals surface area contributed by atoms with Crippen LogP contribution in [-0.2, 0) is 0 Å². The van der Waals surface area contributed by atoms with Crippen molar-refractivity contribution in [3.63, 3.8) is 0 Å². The van der Waals surface area contributed by atoms with Crippen LogP contribution in [0.3, 0.4) is 0 Å². The minimum Gasteiger partial charge on any atom is -0.493 e. The summed E-state index contributed by atoms with van der Waals surface area (Å²) < 4.78 is 16.3. The SMILES string of the molecule is COc1cc(N)c(OCCC2CCCN2C)cc1OC. The summed E-state index contributed by atoms with van der Waals surface area (Å²) in [6.45, 7) is 1.85. The van der Waals surface area contributed by atoms with E-state index in [9.17, 15) is 0 Å². The fraction of sp³-hybridized carbons (Fsp3) is 0.600. The van der Waals surface area contributed by atoms with Gasteiger partial charge in [0.05, 0.1) is 26.5 Å². The Hall–Kier alpha value is -1.62. The zero-order chi connectivity index (χ0) is 14.5. The quantitative estimate of drug-likeness (QED) is 0.809. The molecular weight excluding hydrogens is 256 g/mol. The van der Waals surface area contributed by atoms with Crippen molar-refractivity contribution < 1.29 is 14.2 Å². The van der Waals surface area contributed by atoms with Gasteiger partial charge in [-0.15, -0.1) is 0 Å². The fourth-order valence-corrected chi connectivity index (χ4v) is 2.65. The molecule has 0 amide bonds. The van der Waals surface area contributed by atoms with Gasteiger partial charge in [0.15, 0.2) is 11.5 Å². The van der Waals surface area contributed by atoms with Crippen LogP contribution in [0.25, 0.3) is 0 Å². The van der Waals surface area contributed by atoms with E-state index >= 15 is 0 Å². The smallest absolute Gasteiger partial charge is 0.164 e. The fourth-order valence-electron chi connectivity index (χ4n) is 2.65. The number of hydrogen-bond acceptors (Lipinski definition) is 5. The van der Waals surface area contributed by atoms with Crippen molar-refractivity contribution in [2.75, 3.05) is 40.2 Å². The number of methoxy groups -OCH3 is 2. The van der Waals surface area contributed by atoms with Crippen LogP contribution in [0.5, 0.6) is 17.2 Å². The molecule has 112 valence electrons. The first-order valence-corrected chi connectivity index (χ1v) is 7.00. The monoisotopic (exact) mass is 280 g/mol. The molecule has 0 saturated carbocycles. The molecule has 2 N–H and O–H groups in total. The summed E-state index contributed by atoms with van der Waals surface area (Å²) in [6, 6.07) is 4.14. The number of likely N-dealkylation sites (tertiary alicyclic amines) is 1. The zero-order valence-electron chi connectivity index (χ0n) is 12.5. The minimum absolute atomic E-state index is 0.572. The molecule has 2 rings (SSSR count). The van der Waals surface area contributed by atoms with Gasteiger partial charge in [-0.2, -0.15) is 0 Å². The van der Waals surface area contributed by atoms with E-state index in [0.717, 1.165) is 6.42 Å². The van der Waals surface area contributed by atoms with E-state index in [-0.39, 0.29) is 0 Å². The van der Waals surface area contributed by atoms with Crippen LogP contribution < -0.4 is 19.9 Å². The van der Waals surface area contributed by atoms with Crippen molar-refractivity contribution in [3.8, 4) is 17.2 Å². The molecule has 20 heavy (non-hydrogen) atoms. The van der Waals surface area contributed by atoms with E-state index in [4.69, 9.17) is 19.9 Å². The van der Waals surface area contributed by atoms with Crippen LogP contribution in [0.15, 0.2) is 12.1 Å². The Morgan fingerprint density at radius 2 is 1.90 bits per heavy atom. The Morgan fingerprint density at radius 1 is 1.20 bits per heavy atom. The molecule has 0 aromatic heterocycles. The number of anilines is 1. The Labute approximate surface area is 120 Å². The first-order chi connectivity index (χ1) is 9.65. The number of nitrogen functional groups attached to an aromatic ring is 1. The first-order valence-electron chi connectivity index (χ1n) is 7.00. The van der Waals surface area contributed by atoms with Gasteiger partial charge >= 0.3 is 0 Å². The molecule has 0 spiro atoms. The van der Waals surface area contributed by atoms with Gasteiger partial charge in [0.25, 0.3) is 0 Å². The summed E-state index contributed by atoms with van der Waals surface area (Å²) in [4.78, 5) is 2.39. The molecule has 1 aliphatic heterocycles. The zero-order valence-corrected chi connectivity index (χ0v) is 12.5. The molecule has 0 aliphatic carbocycles. The van der Waals surface area contributed by atoms with Crippen molar-refractivity contribution >= 4 is 5.69 Å². The van der Waals surface area contributed by atoms with Gasteiger partial charge in [0.2, 0.25) is 0 Å². The van der Waals surface area contributed by atoms with E-state index in [1.54, 1.807) is 26.4 Å². The molecule has 1 saturated heterocycles. The summed E-state index contributed by atoms with van der Waals surface area (Å²) in [5.41, 5.74) is 6.54. The highest BCUT2D eigenvalue weighted by Crippen LogP contribution is 2.36. The number of ether oxygens (including phenoxy) is 3. The second kappa shape index (κ2) is 6.70. The predicted octanol–water partition coefficient (Wildman–Crippen LogP) is 2.15. The lowest BCUT2D eigenvalue weighted by atomic mass is 10.1. The Balaban J connectivity index is 1.95. The number of nitrogens with zero attached hydrogens (tertiary/aromatic N) is 1. The van der Waals surface area contributed by atoms with Crippen LogP contribution in [0.4, 0.5) is 5.69 Å². The molecule has 1 fully saturated rings. The first kappa shape index (κ1) is 14.8. The van der Waals surface area contributed by atoms with Crippen LogP contribution in [0, 0.1) is 0 Å². The molecular formula is C15H24N2O3. The summed E-state index contributed by atoms with van der Waals surface area (Å²) in [5, 5.41) is 0. The topological polar surface area (TPSA) is 57.0 Å². The minimum atomic E-state index is 0.572. The summed E-state index contributed by atoms with van der Waals surface area (Å²) in [7, 11) is 5.36. The van der Waals surface area contributed by atoms with Gasteiger partial charge in [-0.3, -0.25) is 0 Å². The molecule has 1 heterocycles. The second-order valence-electron chi connectivity index (χ2n) is 5.16. The number of rotatable bonds is 6. The van der Waals surface area contributed by atoms with Gasteiger partial charge in [-0.25, -0.2) is 0 Å². The normalized spacial score (nSPS) is 19.1. The standard InChI is InChI=1S/C15H24N2O3/c1-17-7-4-5-11(17)6-8-20-13-10-15(19-3)14(18-2)9-12(13)16/h9-11H,4-8,16H2,1-3H3. The van der Waals surface area contributed by atoms with Crippen LogP contribution >= 0.6 is 0 Å². The van der Waals surface area contributed by atoms with Gasteiger partial charge < -0.3 is 24.8 Å². The van der Waals surface area contributed by atoms with Crippen LogP contribution in [-0.4, -0.2) is 45.4 Å². The molecule has 5 nitrogen and oxygen atoms in total. The maximum atomic E-state index is 5.97. The average Bonchev–Trinajstić information content (AvgIpc) is 2.85. The predicted molar refractivity (Wildman–Crippen MR) is 79.7 cm³/mol. The number of nitrogens with two attached hydrogens (primary N) is 1. The van der Waals surface area contributed by atoms with Crippen LogP contribution in [0.2, 0.25) is 0 Å². The lowest BCUT2D eigenvalue weighted by molar-refractivity contribution is 0.233. The molecule has 1 aliphatic rings. The van der Waals surface area contributed by atoms with Crippen molar-refractivity contribution in [1.29, 1.82) is 0 Å². The highest BCUT2D eigenvalue weighted by molar-refractivity contribution is 5.61. The average molecular weight is 280 g/mol. The van der Waals surface area contributed by atoms with Crippen molar-refractivity contribution in [3.05, 3.63) is 12.1 Å². The van der Waals surface area contributed by atoms with Crippen molar-refractivity contribution in [1.82, 2.24) is 4.90 Å². The maximum Gasteiger partial charge on any atom is 0.164 e. The summed E-state index contributed by atoms with van der Waals surface area (Å²) >= 11 is 0. The highest BCUT2D eigenvalue weighted by atomic mass is 16.5. The largest absolute Gasteiger partial charge is 0.493 e. The van der Waals surface area contributed by atoms with Crippen LogP contribution in [0.1, 0.15) is 19.3 Å². The lowest BCUT2D eigenvalue weighted by Crippen LogP contribution is -2.26. The van der Waals surface area contributed by atoms with Gasteiger partial charge in [-0.05, 0) is 32.9 Å². The molecule has 1 aromatic rings. The molecule has 0 radical (unpaired) electrons. The van der Waals surface area contributed by atoms with E-state index in [1.165, 1.54) is 19.4 Å². The Kier molecular flexibility index (Phi) is 4.95. The van der Waals surface area contributed by atoms with Crippen molar-refractivity contribution in [2.24, 2.45) is 0 Å². The lowest BCUT2D eigenvalue weighted by Gasteiger charge is -2.20. The summed E-state index contributed by atoms with van der Waals surface area (Å²) in [5.74, 6) is 1.91. The molecule has 0 bridgehead atoms. The molecule has 1 aromatic carbocycles. The maximum absolute atomic E-state index is 5.97.